The van der Waals surface area contributed by atoms with E-state index in [9.17, 15) is 4.79 Å². The second-order valence-electron chi connectivity index (χ2n) is 4.71. The van der Waals surface area contributed by atoms with Gasteiger partial charge in [-0.15, -0.1) is 0 Å². The van der Waals surface area contributed by atoms with E-state index in [4.69, 9.17) is 21.1 Å². The highest BCUT2D eigenvalue weighted by Crippen LogP contribution is 2.46. The van der Waals surface area contributed by atoms with Crippen LogP contribution in [-0.4, -0.2) is 19.7 Å². The molecule has 0 spiro atoms. The van der Waals surface area contributed by atoms with Gasteiger partial charge in [-0.05, 0) is 29.5 Å². The molecule has 0 saturated heterocycles. The quantitative estimate of drug-likeness (QED) is 0.771. The van der Waals surface area contributed by atoms with Crippen LogP contribution in [0, 0.1) is 17.8 Å². The van der Waals surface area contributed by atoms with E-state index in [1.165, 1.54) is 7.11 Å². The molecule has 0 aromatic heterocycles. The summed E-state index contributed by atoms with van der Waals surface area (Å²) in [6.07, 6.45) is 0. The minimum absolute atomic E-state index is 0.0141. The molecule has 2 rings (SSSR count). The molecule has 0 heterocycles. The molecule has 0 amide bonds. The van der Waals surface area contributed by atoms with Crippen LogP contribution in [0.2, 0.25) is 5.02 Å². The Bertz CT molecular complexity index is 416. The highest BCUT2D eigenvalue weighted by Gasteiger charge is 2.52. The van der Waals surface area contributed by atoms with E-state index in [1.54, 1.807) is 0 Å². The number of carbonyl (C=O) groups is 1. The van der Waals surface area contributed by atoms with Crippen LogP contribution < -0.4 is 0 Å². The van der Waals surface area contributed by atoms with Crippen LogP contribution in [0.4, 0.5) is 0 Å². The fourth-order valence-electron chi connectivity index (χ4n) is 2.22. The summed E-state index contributed by atoms with van der Waals surface area (Å²) in [6, 6.07) is 7.57. The van der Waals surface area contributed by atoms with Crippen LogP contribution in [0.1, 0.15) is 12.5 Å². The van der Waals surface area contributed by atoms with Crippen molar-refractivity contribution in [1.82, 2.24) is 0 Å². The number of carbonyl (C=O) groups excluding carboxylic acids is 1. The molecule has 18 heavy (non-hydrogen) atoms. The monoisotopic (exact) mass is 268 g/mol. The summed E-state index contributed by atoms with van der Waals surface area (Å²) >= 11 is 5.80. The molecule has 0 bridgehead atoms. The van der Waals surface area contributed by atoms with Gasteiger partial charge in [0.1, 0.15) is 0 Å². The molecule has 0 radical (unpaired) electrons. The lowest BCUT2D eigenvalue weighted by Gasteiger charge is -2.04. The summed E-state index contributed by atoms with van der Waals surface area (Å²) in [4.78, 5) is 11.4. The van der Waals surface area contributed by atoms with Gasteiger partial charge < -0.3 is 9.47 Å². The fraction of sp³-hybridized carbons (Fsp3) is 0.500. The number of hydrogen-bond acceptors (Lipinski definition) is 3. The molecule has 1 aliphatic carbocycles. The Morgan fingerprint density at radius 3 is 2.61 bits per heavy atom. The van der Waals surface area contributed by atoms with Crippen molar-refractivity contribution in [1.29, 1.82) is 0 Å². The normalized spacial score (nSPS) is 25.8. The van der Waals surface area contributed by atoms with E-state index >= 15 is 0 Å². The summed E-state index contributed by atoms with van der Waals surface area (Å²) in [7, 11) is 1.43. The SMILES string of the molecule is COC(=O)C1C(C)C1COCc1ccc(Cl)cc1. The van der Waals surface area contributed by atoms with E-state index in [-0.39, 0.29) is 11.9 Å². The Morgan fingerprint density at radius 2 is 2.00 bits per heavy atom. The maximum Gasteiger partial charge on any atom is 0.309 e. The number of methoxy groups -OCH3 is 1. The molecule has 4 heteroatoms. The van der Waals surface area contributed by atoms with Crippen molar-refractivity contribution < 1.29 is 14.3 Å². The number of rotatable bonds is 5. The van der Waals surface area contributed by atoms with Crippen molar-refractivity contribution in [3.63, 3.8) is 0 Å². The molecular formula is C14H17ClO3. The third-order valence-electron chi connectivity index (χ3n) is 3.53. The first kappa shape index (κ1) is 13.4. The van der Waals surface area contributed by atoms with Gasteiger partial charge in [-0.1, -0.05) is 30.7 Å². The zero-order valence-corrected chi connectivity index (χ0v) is 11.3. The summed E-state index contributed by atoms with van der Waals surface area (Å²) in [5.74, 6) is 0.551. The van der Waals surface area contributed by atoms with Gasteiger partial charge in [0.05, 0.1) is 26.2 Å². The van der Waals surface area contributed by atoms with Crippen LogP contribution >= 0.6 is 11.6 Å². The molecule has 1 aromatic rings. The first-order valence-electron chi connectivity index (χ1n) is 6.03. The Hall–Kier alpha value is -1.06. The predicted molar refractivity (Wildman–Crippen MR) is 69.3 cm³/mol. The van der Waals surface area contributed by atoms with Crippen LogP contribution in [0.25, 0.3) is 0 Å². The first-order valence-corrected chi connectivity index (χ1v) is 6.41. The lowest BCUT2D eigenvalue weighted by molar-refractivity contribution is -0.143. The number of benzene rings is 1. The van der Waals surface area contributed by atoms with Crippen molar-refractivity contribution in [2.45, 2.75) is 13.5 Å². The molecule has 1 saturated carbocycles. The summed E-state index contributed by atoms with van der Waals surface area (Å²) < 4.78 is 10.4. The van der Waals surface area contributed by atoms with Gasteiger partial charge in [-0.25, -0.2) is 0 Å². The molecule has 3 nitrogen and oxygen atoms in total. The predicted octanol–water partition coefficient (Wildman–Crippen LogP) is 2.91. The van der Waals surface area contributed by atoms with Gasteiger partial charge in [-0.3, -0.25) is 4.79 Å². The Morgan fingerprint density at radius 1 is 1.33 bits per heavy atom. The van der Waals surface area contributed by atoms with Crippen molar-refractivity contribution >= 4 is 17.6 Å². The van der Waals surface area contributed by atoms with E-state index in [0.717, 1.165) is 10.6 Å². The van der Waals surface area contributed by atoms with E-state index in [0.29, 0.717) is 25.0 Å². The van der Waals surface area contributed by atoms with Crippen molar-refractivity contribution in [2.75, 3.05) is 13.7 Å². The van der Waals surface area contributed by atoms with E-state index < -0.39 is 0 Å². The lowest BCUT2D eigenvalue weighted by Crippen LogP contribution is -2.07. The maximum atomic E-state index is 11.4. The van der Waals surface area contributed by atoms with Gasteiger partial charge in [0.15, 0.2) is 0 Å². The van der Waals surface area contributed by atoms with Crippen molar-refractivity contribution in [2.24, 2.45) is 17.8 Å². The summed E-state index contributed by atoms with van der Waals surface area (Å²) in [5.41, 5.74) is 1.09. The second-order valence-corrected chi connectivity index (χ2v) is 5.15. The van der Waals surface area contributed by atoms with Gasteiger partial charge >= 0.3 is 5.97 Å². The zero-order valence-electron chi connectivity index (χ0n) is 10.6. The Balaban J connectivity index is 1.74. The molecule has 1 fully saturated rings. The Kier molecular flexibility index (Phi) is 4.25. The topological polar surface area (TPSA) is 35.5 Å². The third kappa shape index (κ3) is 3.03. The van der Waals surface area contributed by atoms with Crippen LogP contribution in [0.3, 0.4) is 0 Å². The molecule has 1 aliphatic rings. The van der Waals surface area contributed by atoms with Crippen molar-refractivity contribution in [3.05, 3.63) is 34.9 Å². The maximum absolute atomic E-state index is 11.4. The van der Waals surface area contributed by atoms with Gasteiger partial charge in [0.25, 0.3) is 0 Å². The number of halogens is 1. The molecule has 3 atom stereocenters. The van der Waals surface area contributed by atoms with Crippen molar-refractivity contribution in [3.8, 4) is 0 Å². The van der Waals surface area contributed by atoms with Gasteiger partial charge in [0, 0.05) is 5.02 Å². The molecule has 0 N–H and O–H groups in total. The smallest absolute Gasteiger partial charge is 0.309 e. The lowest BCUT2D eigenvalue weighted by atomic mass is 10.2. The highest BCUT2D eigenvalue weighted by atomic mass is 35.5. The zero-order chi connectivity index (χ0) is 13.1. The molecule has 98 valence electrons. The summed E-state index contributed by atoms with van der Waals surface area (Å²) in [6.45, 7) is 3.20. The average molecular weight is 269 g/mol. The van der Waals surface area contributed by atoms with Crippen LogP contribution in [0.5, 0.6) is 0 Å². The first-order chi connectivity index (χ1) is 8.63. The fourth-order valence-corrected chi connectivity index (χ4v) is 2.35. The standard InChI is InChI=1S/C14H17ClO3/c1-9-12(13(9)14(16)17-2)8-18-7-10-3-5-11(15)6-4-10/h3-6,9,12-13H,7-8H2,1-2H3. The summed E-state index contributed by atoms with van der Waals surface area (Å²) in [5, 5.41) is 0.723. The Labute approximate surface area is 112 Å². The highest BCUT2D eigenvalue weighted by molar-refractivity contribution is 6.30. The van der Waals surface area contributed by atoms with Gasteiger partial charge in [-0.2, -0.15) is 0 Å². The second kappa shape index (κ2) is 5.72. The van der Waals surface area contributed by atoms with Crippen LogP contribution in [0.15, 0.2) is 24.3 Å². The number of ether oxygens (including phenoxy) is 2. The molecule has 1 aromatic carbocycles. The van der Waals surface area contributed by atoms with Crippen LogP contribution in [-0.2, 0) is 20.9 Å². The molecule has 0 aliphatic heterocycles. The minimum atomic E-state index is -0.123. The average Bonchev–Trinajstić information content (AvgIpc) is 3.01. The minimum Gasteiger partial charge on any atom is -0.469 e. The number of hydrogen-bond donors (Lipinski definition) is 0. The van der Waals surface area contributed by atoms with E-state index in [2.05, 4.69) is 6.92 Å². The van der Waals surface area contributed by atoms with Gasteiger partial charge in [0.2, 0.25) is 0 Å². The molecular weight excluding hydrogens is 252 g/mol. The number of esters is 1. The third-order valence-corrected chi connectivity index (χ3v) is 3.78. The largest absolute Gasteiger partial charge is 0.469 e. The molecule has 3 unspecified atom stereocenters. The van der Waals surface area contributed by atoms with E-state index in [1.807, 2.05) is 24.3 Å².